The van der Waals surface area contributed by atoms with E-state index >= 15 is 0 Å². The van der Waals surface area contributed by atoms with E-state index < -0.39 is 6.04 Å². The molecule has 1 aliphatic heterocycles. The van der Waals surface area contributed by atoms with E-state index in [2.05, 4.69) is 0 Å². The van der Waals surface area contributed by atoms with Crippen molar-refractivity contribution in [2.45, 2.75) is 32.2 Å². The highest BCUT2D eigenvalue weighted by Crippen LogP contribution is 2.20. The molecule has 2 rings (SSSR count). The molecule has 0 fully saturated rings. The minimum absolute atomic E-state index is 0.0368. The number of methoxy groups -OCH3 is 1. The number of hydrogen-bond acceptors (Lipinski definition) is 3. The lowest BCUT2D eigenvalue weighted by molar-refractivity contribution is -0.152. The number of ether oxygens (including phenoxy) is 1. The van der Waals surface area contributed by atoms with E-state index in [1.54, 1.807) is 6.20 Å². The van der Waals surface area contributed by atoms with Crippen LogP contribution in [0.2, 0.25) is 0 Å². The average Bonchev–Trinajstić information content (AvgIpc) is 2.54. The summed E-state index contributed by atoms with van der Waals surface area (Å²) in [6.45, 7) is 1.89. The van der Waals surface area contributed by atoms with Crippen molar-refractivity contribution >= 4 is 11.9 Å². The van der Waals surface area contributed by atoms with Gasteiger partial charge in [0.15, 0.2) is 0 Å². The molecule has 1 unspecified atom stereocenters. The Balaban J connectivity index is 2.08. The van der Waals surface area contributed by atoms with Gasteiger partial charge in [-0.1, -0.05) is 43.3 Å². The van der Waals surface area contributed by atoms with Crippen molar-refractivity contribution in [3.63, 3.8) is 0 Å². The Hall–Kier alpha value is -2.10. The molecule has 1 heterocycles. The zero-order valence-corrected chi connectivity index (χ0v) is 12.5. The molecular weight excluding hydrogens is 266 g/mol. The fraction of sp³-hybridized carbons (Fsp3) is 0.412. The summed E-state index contributed by atoms with van der Waals surface area (Å²) in [5.74, 6) is -0.563. The van der Waals surface area contributed by atoms with Crippen LogP contribution in [0.3, 0.4) is 0 Å². The Morgan fingerprint density at radius 2 is 2.05 bits per heavy atom. The van der Waals surface area contributed by atoms with Crippen LogP contribution < -0.4 is 0 Å². The largest absolute Gasteiger partial charge is 0.467 e. The van der Waals surface area contributed by atoms with Crippen LogP contribution in [0.4, 0.5) is 0 Å². The third-order valence-electron chi connectivity index (χ3n) is 3.74. The maximum atomic E-state index is 12.6. The molecule has 0 saturated carbocycles. The molecule has 1 aliphatic rings. The third-order valence-corrected chi connectivity index (χ3v) is 3.74. The molecule has 0 saturated heterocycles. The highest BCUT2D eigenvalue weighted by Gasteiger charge is 2.32. The van der Waals surface area contributed by atoms with Crippen LogP contribution in [0.1, 0.15) is 25.3 Å². The lowest BCUT2D eigenvalue weighted by Gasteiger charge is -2.31. The second kappa shape index (κ2) is 7.07. The predicted octanol–water partition coefficient (Wildman–Crippen LogP) is 2.54. The second-order valence-corrected chi connectivity index (χ2v) is 5.34. The number of allylic oxidation sites excluding steroid dienone is 1. The van der Waals surface area contributed by atoms with E-state index in [-0.39, 0.29) is 17.8 Å². The normalized spacial score (nSPS) is 19.1. The summed E-state index contributed by atoms with van der Waals surface area (Å²) in [7, 11) is 1.36. The van der Waals surface area contributed by atoms with Gasteiger partial charge in [-0.25, -0.2) is 4.79 Å². The molecule has 1 aromatic carbocycles. The Morgan fingerprint density at radius 3 is 2.71 bits per heavy atom. The number of hydrogen-bond donors (Lipinski definition) is 0. The van der Waals surface area contributed by atoms with Crippen molar-refractivity contribution in [1.29, 1.82) is 0 Å². The summed E-state index contributed by atoms with van der Waals surface area (Å²) in [6.07, 6.45) is 5.71. The Morgan fingerprint density at radius 1 is 1.33 bits per heavy atom. The summed E-state index contributed by atoms with van der Waals surface area (Å²) < 4.78 is 4.80. The molecule has 112 valence electrons. The summed E-state index contributed by atoms with van der Waals surface area (Å²) in [4.78, 5) is 25.9. The van der Waals surface area contributed by atoms with Crippen LogP contribution >= 0.6 is 0 Å². The van der Waals surface area contributed by atoms with Crippen molar-refractivity contribution in [1.82, 2.24) is 4.90 Å². The number of rotatable bonds is 4. The van der Waals surface area contributed by atoms with E-state index in [0.717, 1.165) is 12.0 Å². The maximum Gasteiger partial charge on any atom is 0.328 e. The highest BCUT2D eigenvalue weighted by atomic mass is 16.5. The van der Waals surface area contributed by atoms with Gasteiger partial charge in [0.1, 0.15) is 6.04 Å². The lowest BCUT2D eigenvalue weighted by atomic mass is 9.97. The molecule has 4 heteroatoms. The van der Waals surface area contributed by atoms with Crippen LogP contribution in [0, 0.1) is 5.92 Å². The highest BCUT2D eigenvalue weighted by molar-refractivity contribution is 5.87. The van der Waals surface area contributed by atoms with Gasteiger partial charge >= 0.3 is 5.97 Å². The Bertz CT molecular complexity index is 524. The number of carbonyl (C=O) groups excluding carboxylic acids is 2. The first-order valence-corrected chi connectivity index (χ1v) is 7.24. The smallest absolute Gasteiger partial charge is 0.328 e. The van der Waals surface area contributed by atoms with Gasteiger partial charge in [0, 0.05) is 12.1 Å². The molecule has 2 atom stereocenters. The van der Waals surface area contributed by atoms with E-state index in [0.29, 0.717) is 12.8 Å². The van der Waals surface area contributed by atoms with Gasteiger partial charge in [-0.15, -0.1) is 0 Å². The molecule has 0 N–H and O–H groups in total. The molecule has 4 nitrogen and oxygen atoms in total. The summed E-state index contributed by atoms with van der Waals surface area (Å²) in [5, 5.41) is 0. The summed E-state index contributed by atoms with van der Waals surface area (Å²) >= 11 is 0. The van der Waals surface area contributed by atoms with Gasteiger partial charge in [-0.2, -0.15) is 0 Å². The van der Waals surface area contributed by atoms with Gasteiger partial charge in [0.2, 0.25) is 5.91 Å². The van der Waals surface area contributed by atoms with Crippen LogP contribution in [-0.2, 0) is 20.7 Å². The molecule has 0 bridgehead atoms. The van der Waals surface area contributed by atoms with E-state index in [1.807, 2.05) is 43.3 Å². The molecule has 21 heavy (non-hydrogen) atoms. The van der Waals surface area contributed by atoms with Gasteiger partial charge in [-0.05, 0) is 24.8 Å². The maximum absolute atomic E-state index is 12.6. The van der Waals surface area contributed by atoms with Crippen LogP contribution in [-0.4, -0.2) is 29.9 Å². The molecule has 0 radical (unpaired) electrons. The van der Waals surface area contributed by atoms with Crippen molar-refractivity contribution in [3.05, 3.63) is 48.2 Å². The van der Waals surface area contributed by atoms with Gasteiger partial charge < -0.3 is 9.64 Å². The van der Waals surface area contributed by atoms with Crippen LogP contribution in [0.5, 0.6) is 0 Å². The Labute approximate surface area is 125 Å². The third kappa shape index (κ3) is 3.72. The van der Waals surface area contributed by atoms with E-state index in [4.69, 9.17) is 4.74 Å². The minimum Gasteiger partial charge on any atom is -0.467 e. The lowest BCUT2D eigenvalue weighted by Crippen LogP contribution is -2.46. The van der Waals surface area contributed by atoms with E-state index in [1.165, 1.54) is 12.0 Å². The van der Waals surface area contributed by atoms with Gasteiger partial charge in [0.05, 0.1) is 7.11 Å². The first-order valence-electron chi connectivity index (χ1n) is 7.24. The topological polar surface area (TPSA) is 46.6 Å². The molecule has 0 aromatic heterocycles. The standard InChI is InChI=1S/C17H21NO3/c1-13(12-14-8-4-3-5-9-14)16(19)18-11-7-6-10-15(18)17(20)21-2/h3-5,7-9,11,13,15H,6,10,12H2,1-2H3/t13-,15?/m0/s1. The number of carbonyl (C=O) groups is 2. The molecule has 1 amide bonds. The first kappa shape index (κ1) is 15.3. The van der Waals surface area contributed by atoms with Crippen molar-refractivity contribution in [3.8, 4) is 0 Å². The summed E-state index contributed by atoms with van der Waals surface area (Å²) in [5.41, 5.74) is 1.12. The van der Waals surface area contributed by atoms with Crippen LogP contribution in [0.25, 0.3) is 0 Å². The minimum atomic E-state index is -0.495. The second-order valence-electron chi connectivity index (χ2n) is 5.34. The monoisotopic (exact) mass is 287 g/mol. The SMILES string of the molecule is COC(=O)C1CCC=CN1C(=O)[C@@H](C)Cc1ccccc1. The first-order chi connectivity index (χ1) is 10.1. The number of benzene rings is 1. The zero-order chi connectivity index (χ0) is 15.2. The fourth-order valence-corrected chi connectivity index (χ4v) is 2.59. The average molecular weight is 287 g/mol. The van der Waals surface area contributed by atoms with Gasteiger partial charge in [0.25, 0.3) is 0 Å². The number of esters is 1. The zero-order valence-electron chi connectivity index (χ0n) is 12.5. The van der Waals surface area contributed by atoms with Crippen LogP contribution in [0.15, 0.2) is 42.6 Å². The van der Waals surface area contributed by atoms with Crippen molar-refractivity contribution in [2.24, 2.45) is 5.92 Å². The Kier molecular flexibility index (Phi) is 5.14. The molecule has 0 aliphatic carbocycles. The van der Waals surface area contributed by atoms with Crippen molar-refractivity contribution in [2.75, 3.05) is 7.11 Å². The number of nitrogens with zero attached hydrogens (tertiary/aromatic N) is 1. The fourth-order valence-electron chi connectivity index (χ4n) is 2.59. The molecule has 0 spiro atoms. The predicted molar refractivity (Wildman–Crippen MR) is 80.3 cm³/mol. The molecule has 1 aromatic rings. The number of amides is 1. The molecular formula is C17H21NO3. The van der Waals surface area contributed by atoms with Gasteiger partial charge in [-0.3, -0.25) is 4.79 Å². The summed E-state index contributed by atoms with van der Waals surface area (Å²) in [6, 6.07) is 9.40. The quantitative estimate of drug-likeness (QED) is 0.800. The van der Waals surface area contributed by atoms with Crippen molar-refractivity contribution < 1.29 is 14.3 Å². The van der Waals surface area contributed by atoms with E-state index in [9.17, 15) is 9.59 Å².